The molecule has 19 heavy (non-hydrogen) atoms. The number of carbonyl (C=O) groups is 1. The van der Waals surface area contributed by atoms with Gasteiger partial charge in [-0.3, -0.25) is 4.79 Å². The number of hydrogen-bond donors (Lipinski definition) is 1. The van der Waals surface area contributed by atoms with Gasteiger partial charge >= 0.3 is 0 Å². The number of carbonyl (C=O) groups excluding carboxylic acids is 1. The highest BCUT2D eigenvalue weighted by molar-refractivity contribution is 5.84. The third kappa shape index (κ3) is 2.59. The van der Waals surface area contributed by atoms with E-state index in [1.807, 2.05) is 18.2 Å². The number of ether oxygens (including phenoxy) is 2. The molecule has 0 radical (unpaired) electrons. The SMILES string of the molecule is COc1ccc(N2CC(=O)NCC2(C)C)c(OC)c1. The van der Waals surface area contributed by atoms with E-state index in [0.29, 0.717) is 18.8 Å². The summed E-state index contributed by atoms with van der Waals surface area (Å²) < 4.78 is 10.6. The third-order valence-corrected chi connectivity index (χ3v) is 3.43. The predicted molar refractivity (Wildman–Crippen MR) is 74.0 cm³/mol. The molecule has 0 unspecified atom stereocenters. The van der Waals surface area contributed by atoms with Crippen molar-refractivity contribution < 1.29 is 14.3 Å². The smallest absolute Gasteiger partial charge is 0.239 e. The minimum absolute atomic E-state index is 0.0252. The Morgan fingerprint density at radius 2 is 2.00 bits per heavy atom. The minimum atomic E-state index is -0.157. The molecule has 2 rings (SSSR count). The fraction of sp³-hybridized carbons (Fsp3) is 0.500. The van der Waals surface area contributed by atoms with E-state index in [9.17, 15) is 4.79 Å². The molecule has 1 aromatic carbocycles. The molecule has 0 spiro atoms. The molecule has 0 atom stereocenters. The molecule has 1 heterocycles. The summed E-state index contributed by atoms with van der Waals surface area (Å²) in [6, 6.07) is 5.64. The Labute approximate surface area is 113 Å². The van der Waals surface area contributed by atoms with E-state index in [2.05, 4.69) is 24.1 Å². The summed E-state index contributed by atoms with van der Waals surface area (Å²) in [7, 11) is 3.24. The summed E-state index contributed by atoms with van der Waals surface area (Å²) in [5.74, 6) is 1.47. The number of rotatable bonds is 3. The number of nitrogens with zero attached hydrogens (tertiary/aromatic N) is 1. The van der Waals surface area contributed by atoms with Crippen molar-refractivity contribution in [3.63, 3.8) is 0 Å². The van der Waals surface area contributed by atoms with Crippen LogP contribution in [0, 0.1) is 0 Å². The third-order valence-electron chi connectivity index (χ3n) is 3.43. The summed E-state index contributed by atoms with van der Waals surface area (Å²) in [4.78, 5) is 13.7. The molecule has 1 fully saturated rings. The van der Waals surface area contributed by atoms with E-state index in [1.54, 1.807) is 14.2 Å². The molecule has 0 aliphatic carbocycles. The van der Waals surface area contributed by atoms with Crippen LogP contribution in [0.5, 0.6) is 11.5 Å². The molecule has 1 N–H and O–H groups in total. The first-order valence-electron chi connectivity index (χ1n) is 6.24. The van der Waals surface area contributed by atoms with E-state index < -0.39 is 0 Å². The largest absolute Gasteiger partial charge is 0.497 e. The Hall–Kier alpha value is -1.91. The highest BCUT2D eigenvalue weighted by Gasteiger charge is 2.34. The van der Waals surface area contributed by atoms with E-state index in [-0.39, 0.29) is 11.4 Å². The normalized spacial score (nSPS) is 17.9. The zero-order valence-electron chi connectivity index (χ0n) is 11.8. The van der Waals surface area contributed by atoms with Gasteiger partial charge in [-0.1, -0.05) is 0 Å². The lowest BCUT2D eigenvalue weighted by Crippen LogP contribution is -2.60. The first kappa shape index (κ1) is 13.5. The minimum Gasteiger partial charge on any atom is -0.497 e. The molecule has 0 bridgehead atoms. The summed E-state index contributed by atoms with van der Waals surface area (Å²) >= 11 is 0. The van der Waals surface area contributed by atoms with Gasteiger partial charge in [0.2, 0.25) is 5.91 Å². The summed E-state index contributed by atoms with van der Waals surface area (Å²) in [6.07, 6.45) is 0. The molecule has 1 amide bonds. The first-order valence-corrected chi connectivity index (χ1v) is 6.24. The lowest BCUT2D eigenvalue weighted by molar-refractivity contribution is -0.121. The van der Waals surface area contributed by atoms with Crippen molar-refractivity contribution >= 4 is 11.6 Å². The Bertz CT molecular complexity index is 486. The van der Waals surface area contributed by atoms with Crippen LogP contribution in [0.4, 0.5) is 5.69 Å². The zero-order valence-corrected chi connectivity index (χ0v) is 11.8. The Kier molecular flexibility index (Phi) is 3.55. The number of piperazine rings is 1. The Morgan fingerprint density at radius 1 is 1.26 bits per heavy atom. The van der Waals surface area contributed by atoms with Gasteiger partial charge in [0.15, 0.2) is 0 Å². The fourth-order valence-corrected chi connectivity index (χ4v) is 2.24. The van der Waals surface area contributed by atoms with Crippen LogP contribution < -0.4 is 19.7 Å². The van der Waals surface area contributed by atoms with Crippen LogP contribution in [0.3, 0.4) is 0 Å². The summed E-state index contributed by atoms with van der Waals surface area (Å²) in [6.45, 7) is 5.13. The molecule has 5 heteroatoms. The maximum Gasteiger partial charge on any atom is 0.239 e. The van der Waals surface area contributed by atoms with Gasteiger partial charge in [0.25, 0.3) is 0 Å². The zero-order chi connectivity index (χ0) is 14.0. The number of benzene rings is 1. The molecule has 0 saturated carbocycles. The molecule has 0 aromatic heterocycles. The predicted octanol–water partition coefficient (Wildman–Crippen LogP) is 1.42. The maximum absolute atomic E-state index is 11.6. The van der Waals surface area contributed by atoms with Gasteiger partial charge in [-0.05, 0) is 26.0 Å². The number of anilines is 1. The molecule has 1 saturated heterocycles. The number of amides is 1. The molecule has 1 aliphatic heterocycles. The molecular weight excluding hydrogens is 244 g/mol. The second kappa shape index (κ2) is 4.99. The van der Waals surface area contributed by atoms with Crippen molar-refractivity contribution in [2.75, 3.05) is 32.2 Å². The molecule has 104 valence electrons. The molecular formula is C14H20N2O3. The van der Waals surface area contributed by atoms with E-state index >= 15 is 0 Å². The molecule has 5 nitrogen and oxygen atoms in total. The van der Waals surface area contributed by atoms with Crippen LogP contribution >= 0.6 is 0 Å². The molecule has 1 aromatic rings. The average molecular weight is 264 g/mol. The van der Waals surface area contributed by atoms with Gasteiger partial charge in [-0.15, -0.1) is 0 Å². The van der Waals surface area contributed by atoms with Crippen molar-refractivity contribution in [1.29, 1.82) is 0 Å². The molecule has 1 aliphatic rings. The second-order valence-electron chi connectivity index (χ2n) is 5.21. The topological polar surface area (TPSA) is 50.8 Å². The van der Waals surface area contributed by atoms with Crippen LogP contribution in [0.15, 0.2) is 18.2 Å². The van der Waals surface area contributed by atoms with Crippen molar-refractivity contribution in [2.24, 2.45) is 0 Å². The maximum atomic E-state index is 11.6. The second-order valence-corrected chi connectivity index (χ2v) is 5.21. The van der Waals surface area contributed by atoms with Crippen LogP contribution in [0.1, 0.15) is 13.8 Å². The highest BCUT2D eigenvalue weighted by Crippen LogP contribution is 2.36. The lowest BCUT2D eigenvalue weighted by atomic mass is 9.98. The van der Waals surface area contributed by atoms with E-state index in [1.165, 1.54) is 0 Å². The van der Waals surface area contributed by atoms with Crippen LogP contribution in [0.2, 0.25) is 0 Å². The lowest BCUT2D eigenvalue weighted by Gasteiger charge is -2.44. The Balaban J connectivity index is 2.41. The average Bonchev–Trinajstić information content (AvgIpc) is 2.41. The van der Waals surface area contributed by atoms with E-state index in [0.717, 1.165) is 11.4 Å². The van der Waals surface area contributed by atoms with Gasteiger partial charge in [0.05, 0.1) is 32.0 Å². The van der Waals surface area contributed by atoms with Crippen LogP contribution in [0.25, 0.3) is 0 Å². The van der Waals surface area contributed by atoms with Gasteiger partial charge in [-0.25, -0.2) is 0 Å². The van der Waals surface area contributed by atoms with Gasteiger partial charge in [0.1, 0.15) is 11.5 Å². The van der Waals surface area contributed by atoms with Crippen LogP contribution in [-0.4, -0.2) is 38.8 Å². The quantitative estimate of drug-likeness (QED) is 0.897. The monoisotopic (exact) mass is 264 g/mol. The van der Waals surface area contributed by atoms with Crippen molar-refractivity contribution in [2.45, 2.75) is 19.4 Å². The van der Waals surface area contributed by atoms with Gasteiger partial charge < -0.3 is 19.7 Å². The van der Waals surface area contributed by atoms with Crippen molar-refractivity contribution in [1.82, 2.24) is 5.32 Å². The Morgan fingerprint density at radius 3 is 2.63 bits per heavy atom. The van der Waals surface area contributed by atoms with Crippen LogP contribution in [-0.2, 0) is 4.79 Å². The standard InChI is InChI=1S/C14H20N2O3/c1-14(2)9-15-13(17)8-16(14)11-6-5-10(18-3)7-12(11)19-4/h5-7H,8-9H2,1-4H3,(H,15,17). The first-order chi connectivity index (χ1) is 8.97. The van der Waals surface area contributed by atoms with Crippen molar-refractivity contribution in [3.8, 4) is 11.5 Å². The number of nitrogens with one attached hydrogen (secondary N) is 1. The highest BCUT2D eigenvalue weighted by atomic mass is 16.5. The van der Waals surface area contributed by atoms with E-state index in [4.69, 9.17) is 9.47 Å². The summed E-state index contributed by atoms with van der Waals surface area (Å²) in [5, 5.41) is 2.89. The van der Waals surface area contributed by atoms with Gasteiger partial charge in [-0.2, -0.15) is 0 Å². The number of hydrogen-bond acceptors (Lipinski definition) is 4. The fourth-order valence-electron chi connectivity index (χ4n) is 2.24. The number of methoxy groups -OCH3 is 2. The van der Waals surface area contributed by atoms with Crippen molar-refractivity contribution in [3.05, 3.63) is 18.2 Å². The summed E-state index contributed by atoms with van der Waals surface area (Å²) in [5.41, 5.74) is 0.749. The van der Waals surface area contributed by atoms with Gasteiger partial charge in [0, 0.05) is 12.6 Å².